The second kappa shape index (κ2) is 6.74. The number of carbonyl (C=O) groups excluding carboxylic acids is 2. The smallest absolute Gasteiger partial charge is 0.222 e. The van der Waals surface area contributed by atoms with E-state index in [1.54, 1.807) is 19.0 Å². The van der Waals surface area contributed by atoms with Crippen LogP contribution >= 0.6 is 0 Å². The molecule has 0 radical (unpaired) electrons. The first-order valence-electron chi connectivity index (χ1n) is 6.49. The van der Waals surface area contributed by atoms with Gasteiger partial charge in [-0.25, -0.2) is 0 Å². The predicted molar refractivity (Wildman–Crippen MR) is 67.8 cm³/mol. The Kier molecular flexibility index (Phi) is 5.62. The van der Waals surface area contributed by atoms with Gasteiger partial charge in [0, 0.05) is 45.9 Å². The molecule has 1 heterocycles. The Bertz CT molecular complexity index is 277. The van der Waals surface area contributed by atoms with Crippen molar-refractivity contribution in [2.75, 3.05) is 33.7 Å². The van der Waals surface area contributed by atoms with Crippen LogP contribution in [-0.2, 0) is 9.59 Å². The third-order valence-electron chi connectivity index (χ3n) is 3.46. The summed E-state index contributed by atoms with van der Waals surface area (Å²) in [5, 5.41) is 0. The van der Waals surface area contributed by atoms with Crippen LogP contribution in [0.1, 0.15) is 32.6 Å². The molecular formula is C13H24N2O2. The molecule has 17 heavy (non-hydrogen) atoms. The van der Waals surface area contributed by atoms with Crippen LogP contribution < -0.4 is 0 Å². The van der Waals surface area contributed by atoms with Crippen molar-refractivity contribution in [3.8, 4) is 0 Å². The zero-order valence-electron chi connectivity index (χ0n) is 11.2. The van der Waals surface area contributed by atoms with E-state index >= 15 is 0 Å². The average molecular weight is 240 g/mol. The van der Waals surface area contributed by atoms with Crippen molar-refractivity contribution in [1.82, 2.24) is 9.80 Å². The number of ketones is 1. The van der Waals surface area contributed by atoms with Crippen molar-refractivity contribution < 1.29 is 9.59 Å². The largest absolute Gasteiger partial charge is 0.349 e. The summed E-state index contributed by atoms with van der Waals surface area (Å²) in [6.45, 7) is 4.75. The van der Waals surface area contributed by atoms with Gasteiger partial charge in [-0.05, 0) is 19.4 Å². The Morgan fingerprint density at radius 1 is 1.47 bits per heavy atom. The zero-order valence-corrected chi connectivity index (χ0v) is 11.2. The number of rotatable bonds is 5. The molecule has 1 atom stereocenters. The standard InChI is InChI=1S/C13H24N2O2/c1-4-11-10-15(9-7-12(11)16)8-5-6-13(17)14(2)3/h11H,4-10H2,1-3H3. The van der Waals surface area contributed by atoms with E-state index in [0.29, 0.717) is 18.6 Å². The van der Waals surface area contributed by atoms with Gasteiger partial charge in [0.05, 0.1) is 0 Å². The van der Waals surface area contributed by atoms with Crippen LogP contribution in [0.4, 0.5) is 0 Å². The summed E-state index contributed by atoms with van der Waals surface area (Å²) in [5.74, 6) is 0.812. The summed E-state index contributed by atoms with van der Waals surface area (Å²) >= 11 is 0. The molecule has 0 N–H and O–H groups in total. The zero-order chi connectivity index (χ0) is 12.8. The van der Waals surface area contributed by atoms with Crippen LogP contribution in [0.25, 0.3) is 0 Å². The minimum absolute atomic E-state index is 0.185. The van der Waals surface area contributed by atoms with E-state index in [9.17, 15) is 9.59 Å². The number of Topliss-reactive ketones (excluding diaryl/α,β-unsaturated/α-hetero) is 1. The second-order valence-electron chi connectivity index (χ2n) is 5.01. The van der Waals surface area contributed by atoms with E-state index in [0.717, 1.165) is 32.5 Å². The van der Waals surface area contributed by atoms with E-state index in [1.165, 1.54) is 0 Å². The average Bonchev–Trinajstić information content (AvgIpc) is 2.31. The first-order valence-corrected chi connectivity index (χ1v) is 6.49. The normalized spacial score (nSPS) is 21.6. The van der Waals surface area contributed by atoms with E-state index in [2.05, 4.69) is 11.8 Å². The quantitative estimate of drug-likeness (QED) is 0.724. The van der Waals surface area contributed by atoms with Crippen LogP contribution in [0.3, 0.4) is 0 Å². The van der Waals surface area contributed by atoms with Gasteiger partial charge in [-0.15, -0.1) is 0 Å². The fourth-order valence-electron chi connectivity index (χ4n) is 2.21. The molecule has 0 aromatic carbocycles. The number of nitrogens with zero attached hydrogens (tertiary/aromatic N) is 2. The van der Waals surface area contributed by atoms with Crippen LogP contribution in [0.15, 0.2) is 0 Å². The molecule has 4 nitrogen and oxygen atoms in total. The molecule has 0 aromatic heterocycles. The number of amides is 1. The van der Waals surface area contributed by atoms with Crippen molar-refractivity contribution in [2.24, 2.45) is 5.92 Å². The molecule has 1 fully saturated rings. The van der Waals surface area contributed by atoms with E-state index in [-0.39, 0.29) is 11.8 Å². The Hall–Kier alpha value is -0.900. The molecule has 1 unspecified atom stereocenters. The molecule has 0 saturated carbocycles. The summed E-state index contributed by atoms with van der Waals surface area (Å²) in [6, 6.07) is 0. The predicted octanol–water partition coefficient (Wildman–Crippen LogP) is 1.16. The van der Waals surface area contributed by atoms with Gasteiger partial charge in [0.2, 0.25) is 5.91 Å². The van der Waals surface area contributed by atoms with Crippen LogP contribution in [0.2, 0.25) is 0 Å². The highest BCUT2D eigenvalue weighted by atomic mass is 16.2. The summed E-state index contributed by atoms with van der Waals surface area (Å²) in [6.07, 6.45) is 3.11. The summed E-state index contributed by atoms with van der Waals surface area (Å²) < 4.78 is 0. The van der Waals surface area contributed by atoms with Crippen LogP contribution in [0.5, 0.6) is 0 Å². The molecule has 1 saturated heterocycles. The molecule has 1 rings (SSSR count). The van der Waals surface area contributed by atoms with Crippen molar-refractivity contribution in [3.63, 3.8) is 0 Å². The third kappa shape index (κ3) is 4.46. The van der Waals surface area contributed by atoms with Gasteiger partial charge in [-0.1, -0.05) is 6.92 Å². The van der Waals surface area contributed by atoms with Crippen molar-refractivity contribution in [2.45, 2.75) is 32.6 Å². The summed E-state index contributed by atoms with van der Waals surface area (Å²) in [4.78, 5) is 26.9. The maximum Gasteiger partial charge on any atom is 0.222 e. The van der Waals surface area contributed by atoms with Crippen molar-refractivity contribution in [3.05, 3.63) is 0 Å². The second-order valence-corrected chi connectivity index (χ2v) is 5.01. The molecule has 0 aliphatic carbocycles. The number of piperidine rings is 1. The molecule has 1 amide bonds. The number of hydrogen-bond donors (Lipinski definition) is 0. The highest BCUT2D eigenvalue weighted by molar-refractivity contribution is 5.82. The van der Waals surface area contributed by atoms with Gasteiger partial charge in [0.25, 0.3) is 0 Å². The molecule has 0 aromatic rings. The molecule has 0 bridgehead atoms. The Morgan fingerprint density at radius 2 is 2.18 bits per heavy atom. The maximum absolute atomic E-state index is 11.6. The molecular weight excluding hydrogens is 216 g/mol. The highest BCUT2D eigenvalue weighted by Crippen LogP contribution is 2.16. The Labute approximate surface area is 104 Å². The first kappa shape index (κ1) is 14.2. The fraction of sp³-hybridized carbons (Fsp3) is 0.846. The SMILES string of the molecule is CCC1CN(CCCC(=O)N(C)C)CCC1=O. The van der Waals surface area contributed by atoms with Crippen LogP contribution in [-0.4, -0.2) is 55.2 Å². The summed E-state index contributed by atoms with van der Waals surface area (Å²) in [7, 11) is 3.57. The third-order valence-corrected chi connectivity index (χ3v) is 3.46. The molecule has 98 valence electrons. The Morgan fingerprint density at radius 3 is 2.76 bits per heavy atom. The topological polar surface area (TPSA) is 40.6 Å². The van der Waals surface area contributed by atoms with Crippen LogP contribution in [0, 0.1) is 5.92 Å². The fourth-order valence-corrected chi connectivity index (χ4v) is 2.21. The van der Waals surface area contributed by atoms with Gasteiger partial charge in [-0.3, -0.25) is 9.59 Å². The maximum atomic E-state index is 11.6. The summed E-state index contributed by atoms with van der Waals surface area (Å²) in [5.41, 5.74) is 0. The van der Waals surface area contributed by atoms with Gasteiger partial charge >= 0.3 is 0 Å². The number of hydrogen-bond acceptors (Lipinski definition) is 3. The van der Waals surface area contributed by atoms with Crippen molar-refractivity contribution in [1.29, 1.82) is 0 Å². The van der Waals surface area contributed by atoms with Crippen molar-refractivity contribution >= 4 is 11.7 Å². The minimum Gasteiger partial charge on any atom is -0.349 e. The Balaban J connectivity index is 2.24. The molecule has 1 aliphatic heterocycles. The number of carbonyl (C=O) groups is 2. The van der Waals surface area contributed by atoms with E-state index in [1.807, 2.05) is 0 Å². The monoisotopic (exact) mass is 240 g/mol. The lowest BCUT2D eigenvalue weighted by Crippen LogP contribution is -2.41. The molecule has 0 spiro atoms. The molecule has 1 aliphatic rings. The minimum atomic E-state index is 0.185. The number of likely N-dealkylation sites (tertiary alicyclic amines) is 1. The van der Waals surface area contributed by atoms with Gasteiger partial charge in [0.15, 0.2) is 0 Å². The van der Waals surface area contributed by atoms with Gasteiger partial charge < -0.3 is 9.80 Å². The molecule has 4 heteroatoms. The van der Waals surface area contributed by atoms with E-state index < -0.39 is 0 Å². The van der Waals surface area contributed by atoms with Gasteiger partial charge in [-0.2, -0.15) is 0 Å². The lowest BCUT2D eigenvalue weighted by molar-refractivity contribution is -0.129. The van der Waals surface area contributed by atoms with E-state index in [4.69, 9.17) is 0 Å². The van der Waals surface area contributed by atoms with Gasteiger partial charge in [0.1, 0.15) is 5.78 Å². The first-order chi connectivity index (χ1) is 8.04. The lowest BCUT2D eigenvalue weighted by atomic mass is 9.94. The highest BCUT2D eigenvalue weighted by Gasteiger charge is 2.25. The lowest BCUT2D eigenvalue weighted by Gasteiger charge is -2.31.